The Balaban J connectivity index is 1.55. The predicted octanol–water partition coefficient (Wildman–Crippen LogP) is 3.69. The largest absolute Gasteiger partial charge is 0.455 e. The van der Waals surface area contributed by atoms with Crippen LogP contribution in [-0.4, -0.2) is 30.3 Å². The van der Waals surface area contributed by atoms with Crippen molar-refractivity contribution < 1.29 is 14.3 Å². The highest BCUT2D eigenvalue weighted by Gasteiger charge is 2.24. The molecule has 1 amide bonds. The molecule has 2 aromatic carbocycles. The molecule has 1 aliphatic heterocycles. The first kappa shape index (κ1) is 17.5. The molecule has 0 bridgehead atoms. The minimum Gasteiger partial charge on any atom is -0.455 e. The molecule has 0 aromatic heterocycles. The maximum atomic E-state index is 12.5. The fraction of sp³-hybridized carbons (Fsp3) is 0.300. The molecule has 2 aromatic rings. The fourth-order valence-corrected chi connectivity index (χ4v) is 3.76. The zero-order valence-corrected chi connectivity index (χ0v) is 15.0. The van der Waals surface area contributed by atoms with Crippen molar-refractivity contribution in [3.05, 3.63) is 60.2 Å². The third-order valence-corrected chi connectivity index (χ3v) is 5.23. The minimum atomic E-state index is -0.368. The number of carbonyl (C=O) groups excluding carboxylic acids is 2. The quantitative estimate of drug-likeness (QED) is 0.606. The van der Waals surface area contributed by atoms with E-state index in [2.05, 4.69) is 0 Å². The van der Waals surface area contributed by atoms with Crippen LogP contribution in [0.25, 0.3) is 0 Å². The van der Waals surface area contributed by atoms with Gasteiger partial charge in [0.25, 0.3) is 5.91 Å². The average Bonchev–Trinajstić information content (AvgIpc) is 2.66. The second-order valence-electron chi connectivity index (χ2n) is 5.96. The third-order valence-electron chi connectivity index (χ3n) is 4.14. The van der Waals surface area contributed by atoms with Crippen molar-refractivity contribution in [2.45, 2.75) is 29.9 Å². The van der Waals surface area contributed by atoms with Crippen molar-refractivity contribution in [1.82, 2.24) is 0 Å². The molecular weight excluding hydrogens is 334 g/mol. The van der Waals surface area contributed by atoms with Crippen molar-refractivity contribution >= 4 is 29.3 Å². The molecule has 0 fully saturated rings. The van der Waals surface area contributed by atoms with E-state index in [1.807, 2.05) is 54.6 Å². The molecule has 5 heteroatoms. The van der Waals surface area contributed by atoms with Crippen LogP contribution in [0.1, 0.15) is 18.9 Å². The molecule has 1 heterocycles. The van der Waals surface area contributed by atoms with Crippen LogP contribution in [0.2, 0.25) is 0 Å². The molecule has 0 unspecified atom stereocenters. The van der Waals surface area contributed by atoms with Gasteiger partial charge in [0.05, 0.1) is 0 Å². The van der Waals surface area contributed by atoms with Crippen LogP contribution >= 0.6 is 11.8 Å². The lowest BCUT2D eigenvalue weighted by Crippen LogP contribution is -2.38. The van der Waals surface area contributed by atoms with E-state index in [-0.39, 0.29) is 23.7 Å². The lowest BCUT2D eigenvalue weighted by molar-refractivity contribution is -0.147. The van der Waals surface area contributed by atoms with Crippen LogP contribution in [0, 0.1) is 0 Å². The van der Waals surface area contributed by atoms with Gasteiger partial charge in [-0.25, -0.2) is 0 Å². The summed E-state index contributed by atoms with van der Waals surface area (Å²) in [6.07, 6.45) is 1.90. The topological polar surface area (TPSA) is 46.6 Å². The second-order valence-corrected chi connectivity index (χ2v) is 7.37. The average molecular weight is 355 g/mol. The Bertz CT molecular complexity index is 748. The van der Waals surface area contributed by atoms with Gasteiger partial charge in [0.2, 0.25) is 0 Å². The number of thioether (sulfide) groups is 1. The number of esters is 1. The Labute approximate surface area is 152 Å². The van der Waals surface area contributed by atoms with Crippen LogP contribution in [0.4, 0.5) is 5.69 Å². The van der Waals surface area contributed by atoms with Gasteiger partial charge in [-0.15, -0.1) is 11.8 Å². The normalized spacial score (nSPS) is 14.5. The third kappa shape index (κ3) is 4.42. The highest BCUT2D eigenvalue weighted by Crippen LogP contribution is 2.27. The Morgan fingerprint density at radius 2 is 1.84 bits per heavy atom. The molecule has 1 atom stereocenters. The summed E-state index contributed by atoms with van der Waals surface area (Å²) in [6.45, 7) is 2.25. The lowest BCUT2D eigenvalue weighted by Gasteiger charge is -2.29. The van der Waals surface area contributed by atoms with Gasteiger partial charge in [0.15, 0.2) is 6.61 Å². The lowest BCUT2D eigenvalue weighted by atomic mass is 10.0. The molecule has 0 radical (unpaired) electrons. The summed E-state index contributed by atoms with van der Waals surface area (Å²) in [5, 5.41) is -0.358. The summed E-state index contributed by atoms with van der Waals surface area (Å²) in [5.74, 6) is -0.537. The van der Waals surface area contributed by atoms with E-state index in [1.165, 1.54) is 17.3 Å². The highest BCUT2D eigenvalue weighted by molar-refractivity contribution is 8.00. The van der Waals surface area contributed by atoms with Gasteiger partial charge >= 0.3 is 5.97 Å². The summed E-state index contributed by atoms with van der Waals surface area (Å²) in [4.78, 5) is 27.4. The number of nitrogens with zero attached hydrogens (tertiary/aromatic N) is 1. The van der Waals surface area contributed by atoms with Crippen LogP contribution in [0.3, 0.4) is 0 Å². The number of hydrogen-bond donors (Lipinski definition) is 0. The molecule has 4 nitrogen and oxygen atoms in total. The maximum Gasteiger partial charge on any atom is 0.319 e. The zero-order chi connectivity index (χ0) is 17.6. The van der Waals surface area contributed by atoms with Gasteiger partial charge in [0, 0.05) is 17.1 Å². The number of benzene rings is 2. The number of rotatable bonds is 5. The van der Waals surface area contributed by atoms with E-state index in [1.54, 1.807) is 11.8 Å². The first-order chi connectivity index (χ1) is 12.1. The summed E-state index contributed by atoms with van der Waals surface area (Å²) < 4.78 is 5.26. The Morgan fingerprint density at radius 3 is 2.64 bits per heavy atom. The van der Waals surface area contributed by atoms with E-state index >= 15 is 0 Å². The Hall–Kier alpha value is -2.27. The van der Waals surface area contributed by atoms with Crippen molar-refractivity contribution in [3.63, 3.8) is 0 Å². The monoisotopic (exact) mass is 355 g/mol. The molecule has 0 spiro atoms. The van der Waals surface area contributed by atoms with Crippen molar-refractivity contribution in [2.24, 2.45) is 0 Å². The summed E-state index contributed by atoms with van der Waals surface area (Å²) in [6, 6.07) is 17.6. The van der Waals surface area contributed by atoms with Crippen molar-refractivity contribution in [3.8, 4) is 0 Å². The van der Waals surface area contributed by atoms with Crippen molar-refractivity contribution in [1.29, 1.82) is 0 Å². The first-order valence-corrected chi connectivity index (χ1v) is 9.30. The number of carbonyl (C=O) groups is 2. The molecule has 1 aliphatic rings. The molecular formula is C20H21NO3S. The van der Waals surface area contributed by atoms with E-state index in [9.17, 15) is 9.59 Å². The Kier molecular flexibility index (Phi) is 5.76. The number of para-hydroxylation sites is 1. The number of aryl methyl sites for hydroxylation is 1. The van der Waals surface area contributed by atoms with Gasteiger partial charge in [-0.05, 0) is 43.5 Å². The highest BCUT2D eigenvalue weighted by atomic mass is 32.2. The van der Waals surface area contributed by atoms with E-state index in [4.69, 9.17) is 4.74 Å². The number of anilines is 1. The minimum absolute atomic E-state index is 0.169. The Morgan fingerprint density at radius 1 is 1.12 bits per heavy atom. The molecule has 0 aliphatic carbocycles. The zero-order valence-electron chi connectivity index (χ0n) is 14.2. The number of ether oxygens (including phenoxy) is 1. The molecule has 3 rings (SSSR count). The molecule has 130 valence electrons. The van der Waals surface area contributed by atoms with Crippen LogP contribution in [0.15, 0.2) is 59.5 Å². The predicted molar refractivity (Wildman–Crippen MR) is 99.8 cm³/mol. The number of fused-ring (bicyclic) bond motifs is 1. The van der Waals surface area contributed by atoms with E-state index in [0.29, 0.717) is 6.54 Å². The number of amides is 1. The molecule has 0 saturated carbocycles. The van der Waals surface area contributed by atoms with Gasteiger partial charge in [-0.2, -0.15) is 0 Å². The SMILES string of the molecule is C[C@H](Sc1ccccc1)C(=O)OCC(=O)N1CCCc2ccccc21. The summed E-state index contributed by atoms with van der Waals surface area (Å²) in [5.41, 5.74) is 2.10. The van der Waals surface area contributed by atoms with Crippen LogP contribution in [0.5, 0.6) is 0 Å². The number of hydrogen-bond acceptors (Lipinski definition) is 4. The maximum absolute atomic E-state index is 12.5. The fourth-order valence-electron chi connectivity index (χ4n) is 2.87. The van der Waals surface area contributed by atoms with Gasteiger partial charge < -0.3 is 9.64 Å². The van der Waals surface area contributed by atoms with Gasteiger partial charge in [0.1, 0.15) is 5.25 Å². The molecule has 0 N–H and O–H groups in total. The van der Waals surface area contributed by atoms with E-state index in [0.717, 1.165) is 23.4 Å². The standard InChI is InChI=1S/C20H21NO3S/c1-15(25-17-10-3-2-4-11-17)20(23)24-14-19(22)21-13-7-9-16-8-5-6-12-18(16)21/h2-6,8,10-12,15H,7,9,13-14H2,1H3/t15-/m0/s1. The van der Waals surface area contributed by atoms with E-state index < -0.39 is 0 Å². The van der Waals surface area contributed by atoms with Crippen LogP contribution < -0.4 is 4.90 Å². The summed E-state index contributed by atoms with van der Waals surface area (Å²) in [7, 11) is 0. The molecule has 25 heavy (non-hydrogen) atoms. The van der Waals surface area contributed by atoms with Gasteiger partial charge in [-0.1, -0.05) is 36.4 Å². The second kappa shape index (κ2) is 8.21. The summed E-state index contributed by atoms with van der Waals surface area (Å²) >= 11 is 1.43. The smallest absolute Gasteiger partial charge is 0.319 e. The van der Waals surface area contributed by atoms with Gasteiger partial charge in [-0.3, -0.25) is 9.59 Å². The first-order valence-electron chi connectivity index (χ1n) is 8.42. The molecule has 0 saturated heterocycles. The van der Waals surface area contributed by atoms with Crippen LogP contribution in [-0.2, 0) is 20.7 Å². The van der Waals surface area contributed by atoms with Crippen molar-refractivity contribution in [2.75, 3.05) is 18.1 Å².